The van der Waals surface area contributed by atoms with E-state index in [1.165, 1.54) is 0 Å². The van der Waals surface area contributed by atoms with Gasteiger partial charge in [-0.3, -0.25) is 4.79 Å². The van der Waals surface area contributed by atoms with Gasteiger partial charge in [-0.25, -0.2) is 0 Å². The van der Waals surface area contributed by atoms with Gasteiger partial charge in [0.1, 0.15) is 5.78 Å². The highest BCUT2D eigenvalue weighted by atomic mass is 19.4. The molecule has 1 aliphatic carbocycles. The number of hydrogen-bond donors (Lipinski definition) is 0. The van der Waals surface area contributed by atoms with E-state index in [0.717, 1.165) is 32.1 Å². The lowest BCUT2D eigenvalue weighted by Crippen LogP contribution is -2.20. The van der Waals surface area contributed by atoms with Gasteiger partial charge >= 0.3 is 6.18 Å². The zero-order valence-corrected chi connectivity index (χ0v) is 8.07. The first-order valence-electron chi connectivity index (χ1n) is 5.08. The molecule has 0 spiro atoms. The Labute approximate surface area is 81.7 Å². The van der Waals surface area contributed by atoms with Crippen LogP contribution in [0.1, 0.15) is 44.9 Å². The Morgan fingerprint density at radius 2 is 1.71 bits per heavy atom. The van der Waals surface area contributed by atoms with Crippen LogP contribution in [0.25, 0.3) is 0 Å². The van der Waals surface area contributed by atoms with Crippen LogP contribution in [0.3, 0.4) is 0 Å². The molecule has 0 bridgehead atoms. The monoisotopic (exact) mass is 208 g/mol. The van der Waals surface area contributed by atoms with E-state index < -0.39 is 12.6 Å². The molecule has 0 N–H and O–H groups in total. The second-order valence-electron chi connectivity index (χ2n) is 3.92. The number of halogens is 3. The third-order valence-corrected chi connectivity index (χ3v) is 2.72. The van der Waals surface area contributed by atoms with Crippen molar-refractivity contribution in [2.75, 3.05) is 0 Å². The van der Waals surface area contributed by atoms with Gasteiger partial charge in [0.2, 0.25) is 0 Å². The van der Waals surface area contributed by atoms with Crippen molar-refractivity contribution in [2.24, 2.45) is 5.92 Å². The van der Waals surface area contributed by atoms with Gasteiger partial charge in [0, 0.05) is 12.3 Å². The summed E-state index contributed by atoms with van der Waals surface area (Å²) in [5, 5.41) is 0. The summed E-state index contributed by atoms with van der Waals surface area (Å²) in [6.07, 6.45) is -0.803. The van der Waals surface area contributed by atoms with Crippen LogP contribution in [0.2, 0.25) is 0 Å². The Kier molecular flexibility index (Phi) is 3.96. The minimum absolute atomic E-state index is 0.0916. The van der Waals surface area contributed by atoms with Gasteiger partial charge in [-0.1, -0.05) is 19.3 Å². The van der Waals surface area contributed by atoms with E-state index in [2.05, 4.69) is 0 Å². The highest BCUT2D eigenvalue weighted by molar-refractivity contribution is 5.81. The summed E-state index contributed by atoms with van der Waals surface area (Å²) in [7, 11) is 0. The molecule has 14 heavy (non-hydrogen) atoms. The van der Waals surface area contributed by atoms with Crippen molar-refractivity contribution in [3.8, 4) is 0 Å². The molecule has 0 heterocycles. The molecule has 1 saturated carbocycles. The Hall–Kier alpha value is -0.540. The first kappa shape index (κ1) is 11.5. The fourth-order valence-corrected chi connectivity index (χ4v) is 1.89. The molecule has 0 saturated heterocycles. The molecule has 0 radical (unpaired) electrons. The maximum Gasteiger partial charge on any atom is 0.389 e. The van der Waals surface area contributed by atoms with Crippen LogP contribution in [0.15, 0.2) is 0 Å². The van der Waals surface area contributed by atoms with E-state index in [1.54, 1.807) is 0 Å². The molecule has 1 fully saturated rings. The normalized spacial score (nSPS) is 19.6. The summed E-state index contributed by atoms with van der Waals surface area (Å²) in [5.74, 6) is -0.284. The van der Waals surface area contributed by atoms with Gasteiger partial charge in [0.05, 0.1) is 6.42 Å². The van der Waals surface area contributed by atoms with E-state index in [4.69, 9.17) is 0 Å². The van der Waals surface area contributed by atoms with Crippen LogP contribution < -0.4 is 0 Å². The van der Waals surface area contributed by atoms with Crippen molar-refractivity contribution < 1.29 is 18.0 Å². The van der Waals surface area contributed by atoms with Gasteiger partial charge in [-0.2, -0.15) is 13.2 Å². The summed E-state index contributed by atoms with van der Waals surface area (Å²) in [4.78, 5) is 11.3. The van der Waals surface area contributed by atoms with Crippen LogP contribution in [-0.4, -0.2) is 12.0 Å². The van der Waals surface area contributed by atoms with Crippen molar-refractivity contribution in [1.29, 1.82) is 0 Å². The number of Topliss-reactive ketones (excluding diaryl/α,β-unsaturated/α-hetero) is 1. The molecule has 1 nitrogen and oxygen atoms in total. The molecule has 1 aliphatic rings. The van der Waals surface area contributed by atoms with E-state index in [1.807, 2.05) is 0 Å². The quantitative estimate of drug-likeness (QED) is 0.694. The number of hydrogen-bond acceptors (Lipinski definition) is 1. The molecule has 4 heteroatoms. The van der Waals surface area contributed by atoms with Crippen LogP contribution >= 0.6 is 0 Å². The lowest BCUT2D eigenvalue weighted by atomic mass is 9.85. The standard InChI is InChI=1S/C10H15F3O/c11-10(12,13)7-6-9(14)8-4-2-1-3-5-8/h8H,1-7H2. The summed E-state index contributed by atoms with van der Waals surface area (Å²) in [6.45, 7) is 0. The van der Waals surface area contributed by atoms with Crippen molar-refractivity contribution >= 4 is 5.78 Å². The number of alkyl halides is 3. The minimum atomic E-state index is -4.19. The molecule has 0 aromatic heterocycles. The summed E-state index contributed by atoms with van der Waals surface area (Å²) in [6, 6.07) is 0. The van der Waals surface area contributed by atoms with Crippen molar-refractivity contribution in [1.82, 2.24) is 0 Å². The second-order valence-corrected chi connectivity index (χ2v) is 3.92. The van der Waals surface area contributed by atoms with Crippen molar-refractivity contribution in [3.05, 3.63) is 0 Å². The Morgan fingerprint density at radius 3 is 2.21 bits per heavy atom. The van der Waals surface area contributed by atoms with Crippen LogP contribution in [-0.2, 0) is 4.79 Å². The SMILES string of the molecule is O=C(CCC(F)(F)F)C1CCCCC1. The van der Waals surface area contributed by atoms with Crippen LogP contribution in [0.4, 0.5) is 13.2 Å². The molecule has 0 aromatic rings. The number of carbonyl (C=O) groups excluding carboxylic acids is 1. The van der Waals surface area contributed by atoms with Gasteiger partial charge < -0.3 is 0 Å². The van der Waals surface area contributed by atoms with Crippen molar-refractivity contribution in [2.45, 2.75) is 51.1 Å². The summed E-state index contributed by atoms with van der Waals surface area (Å²) < 4.78 is 35.5. The molecule has 82 valence electrons. The number of rotatable bonds is 3. The van der Waals surface area contributed by atoms with E-state index in [9.17, 15) is 18.0 Å². The fourth-order valence-electron chi connectivity index (χ4n) is 1.89. The van der Waals surface area contributed by atoms with E-state index in [-0.39, 0.29) is 18.1 Å². The highest BCUT2D eigenvalue weighted by Crippen LogP contribution is 2.28. The first-order valence-corrected chi connectivity index (χ1v) is 5.08. The third kappa shape index (κ3) is 4.11. The molecule has 0 amide bonds. The third-order valence-electron chi connectivity index (χ3n) is 2.72. The van der Waals surface area contributed by atoms with Gasteiger partial charge in [0.15, 0.2) is 0 Å². The molecule has 0 atom stereocenters. The summed E-state index contributed by atoms with van der Waals surface area (Å²) in [5.41, 5.74) is 0. The predicted molar refractivity (Wildman–Crippen MR) is 46.9 cm³/mol. The predicted octanol–water partition coefficient (Wildman–Crippen LogP) is 3.48. The first-order chi connectivity index (χ1) is 6.49. The Balaban J connectivity index is 2.27. The molecule has 0 aliphatic heterocycles. The van der Waals surface area contributed by atoms with Crippen molar-refractivity contribution in [3.63, 3.8) is 0 Å². The van der Waals surface area contributed by atoms with E-state index in [0.29, 0.717) is 0 Å². The van der Waals surface area contributed by atoms with Gasteiger partial charge in [-0.05, 0) is 12.8 Å². The zero-order valence-electron chi connectivity index (χ0n) is 8.07. The lowest BCUT2D eigenvalue weighted by molar-refractivity contribution is -0.145. The average Bonchev–Trinajstić information content (AvgIpc) is 2.14. The lowest BCUT2D eigenvalue weighted by Gasteiger charge is -2.20. The Morgan fingerprint density at radius 1 is 1.14 bits per heavy atom. The van der Waals surface area contributed by atoms with Gasteiger partial charge in [0.25, 0.3) is 0 Å². The molecule has 1 rings (SSSR count). The van der Waals surface area contributed by atoms with Crippen LogP contribution in [0.5, 0.6) is 0 Å². The highest BCUT2D eigenvalue weighted by Gasteiger charge is 2.30. The number of ketones is 1. The summed E-state index contributed by atoms with van der Waals surface area (Å²) >= 11 is 0. The Bertz CT molecular complexity index is 192. The topological polar surface area (TPSA) is 17.1 Å². The van der Waals surface area contributed by atoms with Crippen LogP contribution in [0, 0.1) is 5.92 Å². The molecule has 0 unspecified atom stereocenters. The molecular formula is C10H15F3O. The minimum Gasteiger partial charge on any atom is -0.299 e. The fraction of sp³-hybridized carbons (Fsp3) is 0.900. The smallest absolute Gasteiger partial charge is 0.299 e. The largest absolute Gasteiger partial charge is 0.389 e. The molecule has 0 aromatic carbocycles. The average molecular weight is 208 g/mol. The second kappa shape index (κ2) is 4.80. The van der Waals surface area contributed by atoms with E-state index >= 15 is 0 Å². The van der Waals surface area contributed by atoms with Gasteiger partial charge in [-0.15, -0.1) is 0 Å². The maximum atomic E-state index is 11.8. The zero-order chi connectivity index (χ0) is 10.6. The molecular weight excluding hydrogens is 193 g/mol. The maximum absolute atomic E-state index is 11.8. The number of carbonyl (C=O) groups is 1.